The van der Waals surface area contributed by atoms with Crippen molar-refractivity contribution in [1.29, 1.82) is 0 Å². The number of carbonyl (C=O) groups is 1. The highest BCUT2D eigenvalue weighted by Gasteiger charge is 2.14. The van der Waals surface area contributed by atoms with Crippen molar-refractivity contribution >= 4 is 56.6 Å². The van der Waals surface area contributed by atoms with Crippen LogP contribution in [0.1, 0.15) is 18.5 Å². The molecule has 148 valence electrons. The summed E-state index contributed by atoms with van der Waals surface area (Å²) in [5.41, 5.74) is 1.76. The van der Waals surface area contributed by atoms with E-state index < -0.39 is 0 Å². The highest BCUT2D eigenvalue weighted by Crippen LogP contribution is 2.27. The van der Waals surface area contributed by atoms with Gasteiger partial charge in [0.05, 0.1) is 15.9 Å². The number of rotatable bonds is 7. The fourth-order valence-electron chi connectivity index (χ4n) is 2.84. The van der Waals surface area contributed by atoms with E-state index in [-0.39, 0.29) is 5.91 Å². The fraction of sp³-hybridized carbons (Fsp3) is 0.190. The van der Waals surface area contributed by atoms with E-state index in [9.17, 15) is 4.79 Å². The first-order valence-corrected chi connectivity index (χ1v) is 11.4. The third-order valence-electron chi connectivity index (χ3n) is 4.19. The maximum absolute atomic E-state index is 12.4. The molecule has 4 rings (SSSR count). The number of benzene rings is 2. The van der Waals surface area contributed by atoms with Gasteiger partial charge in [0.2, 0.25) is 11.0 Å². The Labute approximate surface area is 182 Å². The molecule has 29 heavy (non-hydrogen) atoms. The van der Waals surface area contributed by atoms with E-state index in [2.05, 4.69) is 15.4 Å². The van der Waals surface area contributed by atoms with Crippen molar-refractivity contribution in [3.05, 3.63) is 65.3 Å². The lowest BCUT2D eigenvalue weighted by Crippen LogP contribution is -2.14. The van der Waals surface area contributed by atoms with Gasteiger partial charge in [0.25, 0.3) is 0 Å². The number of hydrogen-bond donors (Lipinski definition) is 1. The fourth-order valence-corrected chi connectivity index (χ4v) is 4.75. The van der Waals surface area contributed by atoms with Crippen LogP contribution in [0.25, 0.3) is 15.3 Å². The molecule has 4 aromatic rings. The second kappa shape index (κ2) is 8.98. The molecule has 0 atom stereocenters. The minimum Gasteiger partial charge on any atom is -0.311 e. The van der Waals surface area contributed by atoms with Crippen molar-refractivity contribution in [2.45, 2.75) is 24.7 Å². The zero-order valence-electron chi connectivity index (χ0n) is 15.8. The van der Waals surface area contributed by atoms with E-state index in [1.165, 1.54) is 0 Å². The number of aromatic nitrogens is 3. The first-order valence-electron chi connectivity index (χ1n) is 9.19. The molecule has 0 aliphatic carbocycles. The quantitative estimate of drug-likeness (QED) is 0.283. The average molecular weight is 443 g/mol. The Hall–Kier alpha value is -2.35. The lowest BCUT2D eigenvalue weighted by molar-refractivity contribution is -0.116. The van der Waals surface area contributed by atoms with E-state index in [0.717, 1.165) is 43.1 Å². The molecule has 0 aliphatic rings. The summed E-state index contributed by atoms with van der Waals surface area (Å²) in [7, 11) is 0. The Kier molecular flexibility index (Phi) is 6.18. The van der Waals surface area contributed by atoms with Crippen LogP contribution in [0.15, 0.2) is 59.5 Å². The van der Waals surface area contributed by atoms with E-state index in [4.69, 9.17) is 11.6 Å². The number of thioether (sulfide) groups is 1. The van der Waals surface area contributed by atoms with Gasteiger partial charge in [-0.2, -0.15) is 9.78 Å². The standard InChI is InChI=1S/C21H19ClN4OS2/c1-14-13-19(26(25-14)21-23-17-5-2-3-6-18(17)29-21)24-20(27)7-4-12-28-16-10-8-15(22)9-11-16/h2-3,5-6,8-11,13H,4,7,12H2,1H3,(H,24,27). The number of nitrogens with one attached hydrogen (secondary N) is 1. The highest BCUT2D eigenvalue weighted by molar-refractivity contribution is 7.99. The number of amides is 1. The number of halogens is 1. The Morgan fingerprint density at radius 3 is 2.79 bits per heavy atom. The van der Waals surface area contributed by atoms with Gasteiger partial charge >= 0.3 is 0 Å². The molecule has 0 unspecified atom stereocenters. The Morgan fingerprint density at radius 2 is 2.00 bits per heavy atom. The molecule has 0 saturated carbocycles. The van der Waals surface area contributed by atoms with Crippen molar-refractivity contribution in [2.24, 2.45) is 0 Å². The number of nitrogens with zero attached hydrogens (tertiary/aromatic N) is 3. The smallest absolute Gasteiger partial charge is 0.225 e. The summed E-state index contributed by atoms with van der Waals surface area (Å²) in [6.07, 6.45) is 1.23. The zero-order valence-corrected chi connectivity index (χ0v) is 18.2. The summed E-state index contributed by atoms with van der Waals surface area (Å²) in [5.74, 6) is 1.49. The van der Waals surface area contributed by atoms with Crippen LogP contribution >= 0.6 is 34.7 Å². The molecule has 2 aromatic carbocycles. The van der Waals surface area contributed by atoms with Crippen molar-refractivity contribution < 1.29 is 4.79 Å². The molecular weight excluding hydrogens is 424 g/mol. The van der Waals surface area contributed by atoms with E-state index in [1.807, 2.05) is 61.5 Å². The van der Waals surface area contributed by atoms with Gasteiger partial charge in [-0.25, -0.2) is 4.98 Å². The summed E-state index contributed by atoms with van der Waals surface area (Å²) in [6, 6.07) is 17.6. The predicted octanol–water partition coefficient (Wildman–Crippen LogP) is 5.95. The number of hydrogen-bond acceptors (Lipinski definition) is 5. The van der Waals surface area contributed by atoms with Gasteiger partial charge in [-0.3, -0.25) is 4.79 Å². The summed E-state index contributed by atoms with van der Waals surface area (Å²) < 4.78 is 2.80. The second-order valence-electron chi connectivity index (χ2n) is 6.50. The van der Waals surface area contributed by atoms with Crippen LogP contribution in [0, 0.1) is 6.92 Å². The minimum atomic E-state index is -0.0241. The minimum absolute atomic E-state index is 0.0241. The number of fused-ring (bicyclic) bond motifs is 1. The van der Waals surface area contributed by atoms with Gasteiger partial charge in [-0.15, -0.1) is 11.8 Å². The lowest BCUT2D eigenvalue weighted by Gasteiger charge is -2.06. The second-order valence-corrected chi connectivity index (χ2v) is 9.11. The van der Waals surface area contributed by atoms with Gasteiger partial charge in [0.15, 0.2) is 0 Å². The van der Waals surface area contributed by atoms with E-state index in [0.29, 0.717) is 12.2 Å². The Morgan fingerprint density at radius 1 is 1.21 bits per heavy atom. The molecule has 0 fully saturated rings. The molecule has 0 radical (unpaired) electrons. The van der Waals surface area contributed by atoms with Crippen LogP contribution in [-0.2, 0) is 4.79 Å². The third-order valence-corrected chi connectivity index (χ3v) is 6.56. The summed E-state index contributed by atoms with van der Waals surface area (Å²) in [4.78, 5) is 18.2. The SMILES string of the molecule is Cc1cc(NC(=O)CCCSc2ccc(Cl)cc2)n(-c2nc3ccccc3s2)n1. The molecule has 2 aromatic heterocycles. The van der Waals surface area contributed by atoms with Gasteiger partial charge in [0.1, 0.15) is 5.82 Å². The monoisotopic (exact) mass is 442 g/mol. The number of para-hydroxylation sites is 1. The first kappa shape index (κ1) is 19.9. The lowest BCUT2D eigenvalue weighted by atomic mass is 10.3. The predicted molar refractivity (Wildman–Crippen MR) is 122 cm³/mol. The van der Waals surface area contributed by atoms with Crippen molar-refractivity contribution in [1.82, 2.24) is 14.8 Å². The highest BCUT2D eigenvalue weighted by atomic mass is 35.5. The summed E-state index contributed by atoms with van der Waals surface area (Å²) in [5, 5.41) is 8.96. The first-order chi connectivity index (χ1) is 14.1. The number of anilines is 1. The summed E-state index contributed by atoms with van der Waals surface area (Å²) >= 11 is 9.17. The normalized spacial score (nSPS) is 11.1. The number of aryl methyl sites for hydroxylation is 1. The van der Waals surface area contributed by atoms with Crippen molar-refractivity contribution in [3.63, 3.8) is 0 Å². The molecule has 8 heteroatoms. The van der Waals surface area contributed by atoms with E-state index in [1.54, 1.807) is 27.8 Å². The van der Waals surface area contributed by atoms with Crippen molar-refractivity contribution in [3.8, 4) is 5.13 Å². The van der Waals surface area contributed by atoms with Gasteiger partial charge < -0.3 is 5.32 Å². The summed E-state index contributed by atoms with van der Waals surface area (Å²) in [6.45, 7) is 1.90. The van der Waals surface area contributed by atoms with Gasteiger partial charge in [-0.1, -0.05) is 35.1 Å². The van der Waals surface area contributed by atoms with Gasteiger partial charge in [0, 0.05) is 22.4 Å². The molecule has 2 heterocycles. The molecule has 1 amide bonds. The molecule has 0 bridgehead atoms. The largest absolute Gasteiger partial charge is 0.311 e. The maximum Gasteiger partial charge on any atom is 0.225 e. The van der Waals surface area contributed by atoms with Crippen LogP contribution in [0.4, 0.5) is 5.82 Å². The molecule has 5 nitrogen and oxygen atoms in total. The Bertz CT molecular complexity index is 1100. The topological polar surface area (TPSA) is 59.8 Å². The molecular formula is C21H19ClN4OS2. The van der Waals surface area contributed by atoms with Crippen molar-refractivity contribution in [2.75, 3.05) is 11.1 Å². The number of carbonyl (C=O) groups excluding carboxylic acids is 1. The van der Waals surface area contributed by atoms with Crippen LogP contribution in [-0.4, -0.2) is 26.4 Å². The zero-order chi connectivity index (χ0) is 20.2. The third kappa shape index (κ3) is 4.98. The molecule has 0 aliphatic heterocycles. The van der Waals surface area contributed by atoms with Gasteiger partial charge in [-0.05, 0) is 55.5 Å². The van der Waals surface area contributed by atoms with Crippen LogP contribution < -0.4 is 5.32 Å². The molecule has 0 saturated heterocycles. The maximum atomic E-state index is 12.4. The Balaban J connectivity index is 1.36. The molecule has 1 N–H and O–H groups in total. The number of thiazole rings is 1. The average Bonchev–Trinajstić information content (AvgIpc) is 3.29. The van der Waals surface area contributed by atoms with Crippen LogP contribution in [0.3, 0.4) is 0 Å². The van der Waals surface area contributed by atoms with Crippen LogP contribution in [0.2, 0.25) is 5.02 Å². The van der Waals surface area contributed by atoms with E-state index >= 15 is 0 Å². The van der Waals surface area contributed by atoms with Crippen LogP contribution in [0.5, 0.6) is 0 Å². The molecule has 0 spiro atoms.